The zero-order valence-corrected chi connectivity index (χ0v) is 19.1. The van der Waals surface area contributed by atoms with Gasteiger partial charge >= 0.3 is 6.03 Å². The van der Waals surface area contributed by atoms with Crippen LogP contribution in [0, 0.1) is 18.6 Å². The number of hydrogen-bond acceptors (Lipinski definition) is 4. The van der Waals surface area contributed by atoms with Crippen LogP contribution in [-0.4, -0.2) is 21.1 Å². The minimum atomic E-state index is -0.642. The van der Waals surface area contributed by atoms with Gasteiger partial charge < -0.3 is 9.84 Å². The van der Waals surface area contributed by atoms with Crippen LogP contribution in [0.1, 0.15) is 35.5 Å². The third-order valence-corrected chi connectivity index (χ3v) is 6.13. The molecule has 8 heteroatoms. The number of carbonyl (C=O) groups excluding carboxylic acids is 1. The zero-order valence-electron chi connectivity index (χ0n) is 19.1. The SMILES string of the molecule is CC1=C(c2nc(-c3cccc(F)c3)no2)C(c2ccc(F)cc2)NC(=O)N1Cc1ccccc1C. The summed E-state index contributed by atoms with van der Waals surface area (Å²) in [5.74, 6) is -0.390. The molecule has 5 rings (SSSR count). The number of hydrogen-bond donors (Lipinski definition) is 1. The normalized spacial score (nSPS) is 15.9. The number of carbonyl (C=O) groups is 1. The first-order valence-electron chi connectivity index (χ1n) is 11.1. The van der Waals surface area contributed by atoms with E-state index in [1.165, 1.54) is 24.3 Å². The Balaban J connectivity index is 1.61. The van der Waals surface area contributed by atoms with Crippen LogP contribution < -0.4 is 5.32 Å². The minimum Gasteiger partial charge on any atom is -0.334 e. The first-order chi connectivity index (χ1) is 16.9. The highest BCUT2D eigenvalue weighted by molar-refractivity contribution is 5.87. The number of amides is 2. The van der Waals surface area contributed by atoms with Crippen molar-refractivity contribution in [3.8, 4) is 11.4 Å². The molecule has 0 bridgehead atoms. The Hall–Kier alpha value is -4.33. The molecule has 0 aliphatic carbocycles. The fourth-order valence-corrected chi connectivity index (χ4v) is 4.19. The van der Waals surface area contributed by atoms with Gasteiger partial charge in [0.1, 0.15) is 11.6 Å². The van der Waals surface area contributed by atoms with E-state index in [0.29, 0.717) is 28.9 Å². The van der Waals surface area contributed by atoms with Crippen LogP contribution in [0.4, 0.5) is 13.6 Å². The standard InChI is InChI=1S/C27H22F2N4O2/c1-16-6-3-4-7-20(16)15-33-17(2)23(24(30-27(33)34)18-10-12-21(28)13-11-18)26-31-25(32-35-26)19-8-5-9-22(29)14-19/h3-14,24H,15H2,1-2H3,(H,30,34). The van der Waals surface area contributed by atoms with Gasteiger partial charge in [0.15, 0.2) is 0 Å². The quantitative estimate of drug-likeness (QED) is 0.386. The molecule has 1 atom stereocenters. The van der Waals surface area contributed by atoms with Gasteiger partial charge in [-0.1, -0.05) is 53.7 Å². The van der Waals surface area contributed by atoms with Crippen molar-refractivity contribution in [2.45, 2.75) is 26.4 Å². The van der Waals surface area contributed by atoms with Gasteiger partial charge in [-0.05, 0) is 54.8 Å². The molecule has 1 aliphatic heterocycles. The first kappa shape index (κ1) is 22.5. The number of nitrogens with one attached hydrogen (secondary N) is 1. The fraction of sp³-hybridized carbons (Fsp3) is 0.148. The molecule has 0 fully saturated rings. The number of nitrogens with zero attached hydrogens (tertiary/aromatic N) is 3. The van der Waals surface area contributed by atoms with Crippen molar-refractivity contribution in [2.75, 3.05) is 0 Å². The number of rotatable bonds is 5. The van der Waals surface area contributed by atoms with Crippen LogP contribution in [0.3, 0.4) is 0 Å². The molecule has 2 amide bonds. The van der Waals surface area contributed by atoms with Crippen molar-refractivity contribution in [3.05, 3.63) is 113 Å². The van der Waals surface area contributed by atoms with Crippen LogP contribution in [0.15, 0.2) is 83.0 Å². The number of benzene rings is 3. The summed E-state index contributed by atoms with van der Waals surface area (Å²) in [4.78, 5) is 19.3. The molecule has 6 nitrogen and oxygen atoms in total. The second kappa shape index (κ2) is 9.13. The maximum Gasteiger partial charge on any atom is 0.322 e. The Morgan fingerprint density at radius 2 is 1.74 bits per heavy atom. The van der Waals surface area contributed by atoms with Gasteiger partial charge in [0.2, 0.25) is 5.82 Å². The molecular formula is C27H22F2N4O2. The van der Waals surface area contributed by atoms with Crippen molar-refractivity contribution in [3.63, 3.8) is 0 Å². The van der Waals surface area contributed by atoms with Crippen LogP contribution >= 0.6 is 0 Å². The molecule has 0 spiro atoms. The van der Waals surface area contributed by atoms with E-state index in [-0.39, 0.29) is 23.6 Å². The third kappa shape index (κ3) is 4.42. The highest BCUT2D eigenvalue weighted by Gasteiger charge is 2.36. The summed E-state index contributed by atoms with van der Waals surface area (Å²) in [5, 5.41) is 7.04. The molecule has 2 heterocycles. The van der Waals surface area contributed by atoms with Crippen molar-refractivity contribution in [2.24, 2.45) is 0 Å². The lowest BCUT2D eigenvalue weighted by atomic mass is 9.94. The van der Waals surface area contributed by atoms with E-state index in [9.17, 15) is 13.6 Å². The number of allylic oxidation sites excluding steroid dienone is 1. The smallest absolute Gasteiger partial charge is 0.322 e. The minimum absolute atomic E-state index is 0.186. The maximum atomic E-state index is 13.7. The predicted molar refractivity (Wildman–Crippen MR) is 127 cm³/mol. The van der Waals surface area contributed by atoms with Gasteiger partial charge in [0, 0.05) is 11.3 Å². The van der Waals surface area contributed by atoms with E-state index < -0.39 is 11.9 Å². The number of urea groups is 1. The molecule has 3 aromatic carbocycles. The molecular weight excluding hydrogens is 450 g/mol. The largest absolute Gasteiger partial charge is 0.334 e. The number of aromatic nitrogens is 2. The highest BCUT2D eigenvalue weighted by atomic mass is 19.1. The maximum absolute atomic E-state index is 13.7. The zero-order chi connectivity index (χ0) is 24.5. The van der Waals surface area contributed by atoms with E-state index in [1.54, 1.807) is 29.2 Å². The molecule has 4 aromatic rings. The van der Waals surface area contributed by atoms with Gasteiger partial charge in [-0.2, -0.15) is 4.98 Å². The molecule has 1 unspecified atom stereocenters. The lowest BCUT2D eigenvalue weighted by Gasteiger charge is -2.35. The van der Waals surface area contributed by atoms with Crippen LogP contribution in [-0.2, 0) is 6.54 Å². The molecule has 0 saturated heterocycles. The van der Waals surface area contributed by atoms with Crippen molar-refractivity contribution >= 4 is 11.6 Å². The second-order valence-corrected chi connectivity index (χ2v) is 8.38. The first-order valence-corrected chi connectivity index (χ1v) is 11.1. The summed E-state index contributed by atoms with van der Waals surface area (Å²) in [7, 11) is 0. The summed E-state index contributed by atoms with van der Waals surface area (Å²) in [5.41, 5.74) is 4.39. The van der Waals surface area contributed by atoms with Gasteiger partial charge in [-0.3, -0.25) is 4.90 Å². The van der Waals surface area contributed by atoms with Gasteiger partial charge in [-0.25, -0.2) is 13.6 Å². The van der Waals surface area contributed by atoms with E-state index in [2.05, 4.69) is 15.5 Å². The average Bonchev–Trinajstić information content (AvgIpc) is 3.33. The van der Waals surface area contributed by atoms with E-state index >= 15 is 0 Å². The van der Waals surface area contributed by atoms with Crippen LogP contribution in [0.2, 0.25) is 0 Å². The molecule has 1 aromatic heterocycles. The molecule has 0 radical (unpaired) electrons. The van der Waals surface area contributed by atoms with Gasteiger partial charge in [0.25, 0.3) is 5.89 Å². The summed E-state index contributed by atoms with van der Waals surface area (Å²) < 4.78 is 33.0. The van der Waals surface area contributed by atoms with E-state index in [1.807, 2.05) is 38.1 Å². The van der Waals surface area contributed by atoms with Crippen molar-refractivity contribution in [1.29, 1.82) is 0 Å². The second-order valence-electron chi connectivity index (χ2n) is 8.38. The average molecular weight is 472 g/mol. The highest BCUT2D eigenvalue weighted by Crippen LogP contribution is 2.38. The lowest BCUT2D eigenvalue weighted by molar-refractivity contribution is 0.203. The molecule has 0 saturated carbocycles. The van der Waals surface area contributed by atoms with Crippen molar-refractivity contribution < 1.29 is 18.1 Å². The molecule has 35 heavy (non-hydrogen) atoms. The van der Waals surface area contributed by atoms with E-state index in [4.69, 9.17) is 4.52 Å². The fourth-order valence-electron chi connectivity index (χ4n) is 4.19. The summed E-state index contributed by atoms with van der Waals surface area (Å²) in [6.45, 7) is 4.14. The summed E-state index contributed by atoms with van der Waals surface area (Å²) >= 11 is 0. The Labute approximate surface area is 200 Å². The van der Waals surface area contributed by atoms with E-state index in [0.717, 1.165) is 11.1 Å². The van der Waals surface area contributed by atoms with Crippen LogP contribution in [0.5, 0.6) is 0 Å². The van der Waals surface area contributed by atoms with Gasteiger partial charge in [0.05, 0.1) is 18.2 Å². The molecule has 1 N–H and O–H groups in total. The van der Waals surface area contributed by atoms with Crippen LogP contribution in [0.25, 0.3) is 17.0 Å². The van der Waals surface area contributed by atoms with Gasteiger partial charge in [-0.15, -0.1) is 0 Å². The number of aryl methyl sites for hydroxylation is 1. The molecule has 176 valence electrons. The summed E-state index contributed by atoms with van der Waals surface area (Å²) in [6.07, 6.45) is 0. The van der Waals surface area contributed by atoms with Crippen molar-refractivity contribution in [1.82, 2.24) is 20.4 Å². The molecule has 1 aliphatic rings. The Kier molecular flexibility index (Phi) is 5.86. The monoisotopic (exact) mass is 472 g/mol. The predicted octanol–water partition coefficient (Wildman–Crippen LogP) is 6.02. The Morgan fingerprint density at radius 3 is 2.49 bits per heavy atom. The topological polar surface area (TPSA) is 71.3 Å². The Bertz CT molecular complexity index is 1430. The number of halogens is 2. The Morgan fingerprint density at radius 1 is 0.971 bits per heavy atom. The summed E-state index contributed by atoms with van der Waals surface area (Å²) in [6, 6.07) is 18.7. The third-order valence-electron chi connectivity index (χ3n) is 6.13. The lowest BCUT2D eigenvalue weighted by Crippen LogP contribution is -2.45.